The lowest BCUT2D eigenvalue weighted by Crippen LogP contribution is -2.40. The second-order valence-electron chi connectivity index (χ2n) is 10.4. The van der Waals surface area contributed by atoms with E-state index in [0.717, 1.165) is 22.5 Å². The number of amides is 2. The van der Waals surface area contributed by atoms with Crippen molar-refractivity contribution in [3.8, 4) is 0 Å². The minimum atomic E-state index is -0.726. The molecule has 0 fully saturated rings. The van der Waals surface area contributed by atoms with Crippen LogP contribution in [0.3, 0.4) is 0 Å². The number of aryl methyl sites for hydroxylation is 2. The van der Waals surface area contributed by atoms with Gasteiger partial charge in [-0.25, -0.2) is 0 Å². The lowest BCUT2D eigenvalue weighted by molar-refractivity contribution is -0.122. The van der Waals surface area contributed by atoms with Gasteiger partial charge in [-0.3, -0.25) is 14.4 Å². The molecule has 0 saturated carbocycles. The van der Waals surface area contributed by atoms with Crippen molar-refractivity contribution in [2.24, 2.45) is 7.05 Å². The fourth-order valence-corrected chi connectivity index (χ4v) is 4.80. The number of rotatable bonds is 6. The summed E-state index contributed by atoms with van der Waals surface area (Å²) in [5.74, 6) is -0.293. The third-order valence-electron chi connectivity index (χ3n) is 6.88. The molecule has 2 heterocycles. The van der Waals surface area contributed by atoms with Gasteiger partial charge in [-0.05, 0) is 70.9 Å². The van der Waals surface area contributed by atoms with Crippen LogP contribution in [-0.2, 0) is 17.3 Å². The smallest absolute Gasteiger partial charge is 0.257 e. The van der Waals surface area contributed by atoms with Gasteiger partial charge in [0.25, 0.3) is 11.5 Å². The first kappa shape index (κ1) is 25.2. The molecule has 2 N–H and O–H groups in total. The quantitative estimate of drug-likeness (QED) is 0.505. The number of anilines is 3. The summed E-state index contributed by atoms with van der Waals surface area (Å²) in [5.41, 5.74) is 4.13. The molecule has 1 aliphatic rings. The minimum absolute atomic E-state index is 0.00792. The molecule has 1 unspecified atom stereocenters. The molecule has 0 radical (unpaired) electrons. The predicted octanol–water partition coefficient (Wildman–Crippen LogP) is 5.15. The highest BCUT2D eigenvalue weighted by molar-refractivity contribution is 6.11. The summed E-state index contributed by atoms with van der Waals surface area (Å²) in [5, 5.41) is 6.58. The fraction of sp³-hybridized carbons (Fsp3) is 0.345. The van der Waals surface area contributed by atoms with E-state index < -0.39 is 5.41 Å². The number of carbonyl (C=O) groups excluding carboxylic acids is 2. The highest BCUT2D eigenvalue weighted by Crippen LogP contribution is 2.46. The summed E-state index contributed by atoms with van der Waals surface area (Å²) >= 11 is 0. The number of benzene rings is 2. The molecule has 0 saturated heterocycles. The van der Waals surface area contributed by atoms with Crippen LogP contribution in [-0.4, -0.2) is 22.4 Å². The van der Waals surface area contributed by atoms with Gasteiger partial charge in [0, 0.05) is 30.9 Å². The average Bonchev–Trinajstić information content (AvgIpc) is 3.02. The SMILES string of the molecule is Cc1cc(C(=O)Nc2cc3c(cc2NC(C)c2ccccc2)N(C(C)C)C(=O)C3(C)C)cn(C)c1=O. The van der Waals surface area contributed by atoms with Crippen LogP contribution in [0.25, 0.3) is 0 Å². The topological polar surface area (TPSA) is 83.4 Å². The van der Waals surface area contributed by atoms with Gasteiger partial charge in [0.15, 0.2) is 0 Å². The Morgan fingerprint density at radius 2 is 1.64 bits per heavy atom. The summed E-state index contributed by atoms with van der Waals surface area (Å²) in [6.07, 6.45) is 1.53. The fourth-order valence-electron chi connectivity index (χ4n) is 4.80. The standard InChI is InChI=1S/C29H34N4O3/c1-17(2)33-25-15-24(30-19(4)20-11-9-8-10-12-20)23(14-22(25)29(5,6)28(33)36)31-26(34)21-13-18(3)27(35)32(7)16-21/h8-17,19,30H,1-7H3,(H,31,34). The van der Waals surface area contributed by atoms with Crippen LogP contribution in [0.1, 0.15) is 67.7 Å². The molecular formula is C29H34N4O3. The summed E-state index contributed by atoms with van der Waals surface area (Å²) < 4.78 is 1.41. The molecular weight excluding hydrogens is 452 g/mol. The monoisotopic (exact) mass is 486 g/mol. The molecule has 7 nitrogen and oxygen atoms in total. The van der Waals surface area contributed by atoms with E-state index in [1.54, 1.807) is 20.0 Å². The Bertz CT molecular complexity index is 1360. The highest BCUT2D eigenvalue weighted by Gasteiger charge is 2.45. The molecule has 7 heteroatoms. The molecule has 36 heavy (non-hydrogen) atoms. The van der Waals surface area contributed by atoms with Crippen molar-refractivity contribution in [3.63, 3.8) is 0 Å². The Morgan fingerprint density at radius 1 is 0.972 bits per heavy atom. The van der Waals surface area contributed by atoms with E-state index in [1.807, 2.05) is 75.1 Å². The van der Waals surface area contributed by atoms with Gasteiger partial charge in [0.2, 0.25) is 5.91 Å². The van der Waals surface area contributed by atoms with Crippen LogP contribution in [0.4, 0.5) is 17.1 Å². The van der Waals surface area contributed by atoms with Gasteiger partial charge in [0.05, 0.1) is 28.0 Å². The van der Waals surface area contributed by atoms with Crippen LogP contribution in [0.15, 0.2) is 59.5 Å². The van der Waals surface area contributed by atoms with Crippen LogP contribution >= 0.6 is 0 Å². The van der Waals surface area contributed by atoms with Crippen molar-refractivity contribution in [1.29, 1.82) is 0 Å². The lowest BCUT2D eigenvalue weighted by Gasteiger charge is -2.25. The number of hydrogen-bond acceptors (Lipinski definition) is 4. The maximum atomic E-state index is 13.3. The van der Waals surface area contributed by atoms with E-state index in [9.17, 15) is 14.4 Å². The van der Waals surface area contributed by atoms with Gasteiger partial charge >= 0.3 is 0 Å². The highest BCUT2D eigenvalue weighted by atomic mass is 16.2. The molecule has 3 aromatic rings. The van der Waals surface area contributed by atoms with E-state index in [0.29, 0.717) is 16.8 Å². The van der Waals surface area contributed by atoms with Crippen LogP contribution < -0.4 is 21.1 Å². The van der Waals surface area contributed by atoms with Crippen LogP contribution in [0, 0.1) is 6.92 Å². The van der Waals surface area contributed by atoms with Crippen molar-refractivity contribution in [2.45, 2.75) is 59.0 Å². The van der Waals surface area contributed by atoms with Gasteiger partial charge in [-0.15, -0.1) is 0 Å². The third-order valence-corrected chi connectivity index (χ3v) is 6.88. The zero-order valence-corrected chi connectivity index (χ0v) is 22.0. The molecule has 0 aliphatic carbocycles. The van der Waals surface area contributed by atoms with E-state index >= 15 is 0 Å². The summed E-state index contributed by atoms with van der Waals surface area (Å²) in [6, 6.07) is 15.5. The Balaban J connectivity index is 1.81. The van der Waals surface area contributed by atoms with Crippen LogP contribution in [0.5, 0.6) is 0 Å². The molecule has 0 bridgehead atoms. The number of pyridine rings is 1. The zero-order valence-electron chi connectivity index (χ0n) is 22.0. The lowest BCUT2D eigenvalue weighted by atomic mass is 9.85. The number of nitrogens with zero attached hydrogens (tertiary/aromatic N) is 2. The van der Waals surface area contributed by atoms with Crippen LogP contribution in [0.2, 0.25) is 0 Å². The predicted molar refractivity (Wildman–Crippen MR) is 145 cm³/mol. The largest absolute Gasteiger partial charge is 0.377 e. The van der Waals surface area contributed by atoms with E-state index in [2.05, 4.69) is 17.6 Å². The van der Waals surface area contributed by atoms with Crippen molar-refractivity contribution >= 4 is 28.9 Å². The maximum absolute atomic E-state index is 13.3. The molecule has 188 valence electrons. The maximum Gasteiger partial charge on any atom is 0.257 e. The van der Waals surface area contributed by atoms with Gasteiger partial charge in [-0.1, -0.05) is 30.3 Å². The molecule has 2 amide bonds. The third kappa shape index (κ3) is 4.41. The Hall–Kier alpha value is -3.87. The molecule has 0 spiro atoms. The zero-order chi connectivity index (χ0) is 26.4. The van der Waals surface area contributed by atoms with E-state index in [-0.39, 0.29) is 29.5 Å². The Morgan fingerprint density at radius 3 is 2.25 bits per heavy atom. The molecule has 1 atom stereocenters. The average molecular weight is 487 g/mol. The summed E-state index contributed by atoms with van der Waals surface area (Å²) in [4.78, 5) is 40.6. The van der Waals surface area contributed by atoms with Crippen molar-refractivity contribution < 1.29 is 9.59 Å². The number of aromatic nitrogens is 1. The molecule has 1 aromatic heterocycles. The molecule has 4 rings (SSSR count). The van der Waals surface area contributed by atoms with Crippen molar-refractivity contribution in [2.75, 3.05) is 15.5 Å². The minimum Gasteiger partial charge on any atom is -0.377 e. The Labute approximate surface area is 212 Å². The van der Waals surface area contributed by atoms with Gasteiger partial charge in [-0.2, -0.15) is 0 Å². The summed E-state index contributed by atoms with van der Waals surface area (Å²) in [6.45, 7) is 11.6. The second-order valence-corrected chi connectivity index (χ2v) is 10.4. The molecule has 2 aromatic carbocycles. The first-order valence-electron chi connectivity index (χ1n) is 12.2. The van der Waals surface area contributed by atoms with Gasteiger partial charge in [0.1, 0.15) is 0 Å². The second kappa shape index (κ2) is 9.30. The van der Waals surface area contributed by atoms with E-state index in [4.69, 9.17) is 0 Å². The number of nitrogens with one attached hydrogen (secondary N) is 2. The molecule has 1 aliphatic heterocycles. The number of carbonyl (C=O) groups is 2. The van der Waals surface area contributed by atoms with E-state index in [1.165, 1.54) is 10.8 Å². The van der Waals surface area contributed by atoms with Crippen molar-refractivity contribution in [1.82, 2.24) is 4.57 Å². The number of hydrogen-bond donors (Lipinski definition) is 2. The first-order valence-corrected chi connectivity index (χ1v) is 12.2. The summed E-state index contributed by atoms with van der Waals surface area (Å²) in [7, 11) is 1.63. The van der Waals surface area contributed by atoms with Crippen molar-refractivity contribution in [3.05, 3.63) is 87.3 Å². The first-order chi connectivity index (χ1) is 16.9. The van der Waals surface area contributed by atoms with Gasteiger partial charge < -0.3 is 20.1 Å². The normalized spacial score (nSPS) is 15.1. The number of fused-ring (bicyclic) bond motifs is 1. The Kier molecular flexibility index (Phi) is 6.52.